The first-order chi connectivity index (χ1) is 13.9. The number of hydrogen-bond acceptors (Lipinski definition) is 4. The van der Waals surface area contributed by atoms with Crippen LogP contribution in [-0.2, 0) is 0 Å². The number of likely N-dealkylation sites (N-methyl/N-ethyl adjacent to an activating group) is 1. The van der Waals surface area contributed by atoms with Gasteiger partial charge in [-0.3, -0.25) is 10.3 Å². The van der Waals surface area contributed by atoms with Crippen LogP contribution >= 0.6 is 0 Å². The molecule has 3 N–H and O–H groups in total. The van der Waals surface area contributed by atoms with Crippen molar-refractivity contribution in [1.29, 1.82) is 0 Å². The summed E-state index contributed by atoms with van der Waals surface area (Å²) in [6.07, 6.45) is 0. The molecule has 0 saturated heterocycles. The van der Waals surface area contributed by atoms with Crippen molar-refractivity contribution in [2.75, 3.05) is 32.5 Å². The zero-order chi connectivity index (χ0) is 20.8. The summed E-state index contributed by atoms with van der Waals surface area (Å²) in [7, 11) is 3.94. The van der Waals surface area contributed by atoms with Crippen molar-refractivity contribution in [3.8, 4) is 11.1 Å². The summed E-state index contributed by atoms with van der Waals surface area (Å²) in [6, 6.07) is 16.5. The third-order valence-electron chi connectivity index (χ3n) is 4.63. The molecule has 152 valence electrons. The van der Waals surface area contributed by atoms with Gasteiger partial charge in [-0.05, 0) is 31.3 Å². The molecule has 0 radical (unpaired) electrons. The number of halogens is 1. The second kappa shape index (κ2) is 9.34. The Morgan fingerprint density at radius 1 is 1.21 bits per heavy atom. The SMILES string of the molecule is CC(c1ccc(-c2ccccc2)c(F)c1)c1cc(NC(N)=NCCN(C)C)on1. The summed E-state index contributed by atoms with van der Waals surface area (Å²) in [6.45, 7) is 3.33. The van der Waals surface area contributed by atoms with E-state index in [0.717, 1.165) is 17.7 Å². The number of anilines is 1. The number of guanidine groups is 1. The lowest BCUT2D eigenvalue weighted by atomic mass is 9.95. The molecule has 7 heteroatoms. The zero-order valence-electron chi connectivity index (χ0n) is 16.9. The van der Waals surface area contributed by atoms with Crippen LogP contribution in [0.3, 0.4) is 0 Å². The van der Waals surface area contributed by atoms with Crippen molar-refractivity contribution < 1.29 is 8.91 Å². The fourth-order valence-electron chi connectivity index (χ4n) is 2.91. The molecule has 6 nitrogen and oxygen atoms in total. The summed E-state index contributed by atoms with van der Waals surface area (Å²) in [4.78, 5) is 6.25. The Morgan fingerprint density at radius 2 is 1.97 bits per heavy atom. The average molecular weight is 395 g/mol. The number of nitrogens with zero attached hydrogens (tertiary/aromatic N) is 3. The minimum Gasteiger partial charge on any atom is -0.370 e. The lowest BCUT2D eigenvalue weighted by molar-refractivity contribution is 0.419. The predicted molar refractivity (Wildman–Crippen MR) is 115 cm³/mol. The molecule has 0 amide bonds. The second-order valence-corrected chi connectivity index (χ2v) is 7.14. The maximum Gasteiger partial charge on any atom is 0.231 e. The Hall–Kier alpha value is -3.19. The molecule has 1 heterocycles. The van der Waals surface area contributed by atoms with Crippen LogP contribution < -0.4 is 11.1 Å². The van der Waals surface area contributed by atoms with Gasteiger partial charge in [-0.25, -0.2) is 4.39 Å². The number of benzene rings is 2. The molecule has 0 aliphatic heterocycles. The quantitative estimate of drug-likeness (QED) is 0.468. The molecule has 0 saturated carbocycles. The molecule has 0 bridgehead atoms. The van der Waals surface area contributed by atoms with Crippen molar-refractivity contribution in [2.45, 2.75) is 12.8 Å². The number of nitrogens with one attached hydrogen (secondary N) is 1. The molecule has 3 rings (SSSR count). The number of hydrogen-bond donors (Lipinski definition) is 2. The molecule has 1 aromatic heterocycles. The summed E-state index contributed by atoms with van der Waals surface area (Å²) in [5.74, 6) is 0.264. The lowest BCUT2D eigenvalue weighted by Gasteiger charge is -2.11. The highest BCUT2D eigenvalue weighted by molar-refractivity contribution is 5.90. The van der Waals surface area contributed by atoms with E-state index in [4.69, 9.17) is 10.3 Å². The monoisotopic (exact) mass is 395 g/mol. The van der Waals surface area contributed by atoms with Crippen LogP contribution in [0.5, 0.6) is 0 Å². The Labute approximate surface area is 170 Å². The Morgan fingerprint density at radius 3 is 2.66 bits per heavy atom. The summed E-state index contributed by atoms with van der Waals surface area (Å²) in [5.41, 5.74) is 8.78. The highest BCUT2D eigenvalue weighted by Crippen LogP contribution is 2.29. The summed E-state index contributed by atoms with van der Waals surface area (Å²) in [5, 5.41) is 6.98. The van der Waals surface area contributed by atoms with E-state index < -0.39 is 0 Å². The number of nitrogens with two attached hydrogens (primary N) is 1. The van der Waals surface area contributed by atoms with Crippen LogP contribution in [0, 0.1) is 5.82 Å². The molecule has 0 spiro atoms. The highest BCUT2D eigenvalue weighted by atomic mass is 19.1. The van der Waals surface area contributed by atoms with Gasteiger partial charge in [-0.15, -0.1) is 0 Å². The first kappa shape index (κ1) is 20.5. The van der Waals surface area contributed by atoms with Crippen molar-refractivity contribution in [1.82, 2.24) is 10.1 Å². The van der Waals surface area contributed by atoms with E-state index in [1.807, 2.05) is 62.3 Å². The van der Waals surface area contributed by atoms with Crippen LogP contribution in [0.25, 0.3) is 11.1 Å². The van der Waals surface area contributed by atoms with Gasteiger partial charge in [0.05, 0.1) is 12.2 Å². The first-order valence-electron chi connectivity index (χ1n) is 9.47. The largest absolute Gasteiger partial charge is 0.370 e. The lowest BCUT2D eigenvalue weighted by Crippen LogP contribution is -2.24. The van der Waals surface area contributed by atoms with Crippen molar-refractivity contribution in [2.24, 2.45) is 10.7 Å². The van der Waals surface area contributed by atoms with Crippen LogP contribution in [0.15, 0.2) is 64.1 Å². The standard InChI is InChI=1S/C22H26FN5O/c1-15(17-9-10-18(19(23)13-17)16-7-5-4-6-8-16)20-14-21(29-27-20)26-22(24)25-11-12-28(2)3/h4-10,13-15H,11-12H2,1-3H3,(H3,24,25,26). The second-order valence-electron chi connectivity index (χ2n) is 7.14. The van der Waals surface area contributed by atoms with Crippen molar-refractivity contribution in [3.05, 3.63) is 71.7 Å². The van der Waals surface area contributed by atoms with Crippen LogP contribution in [-0.4, -0.2) is 43.2 Å². The van der Waals surface area contributed by atoms with E-state index >= 15 is 0 Å². The van der Waals surface area contributed by atoms with Gasteiger partial charge in [-0.1, -0.05) is 54.5 Å². The van der Waals surface area contributed by atoms with Gasteiger partial charge in [-0.2, -0.15) is 0 Å². The van der Waals surface area contributed by atoms with Gasteiger partial charge < -0.3 is 15.2 Å². The van der Waals surface area contributed by atoms with E-state index in [-0.39, 0.29) is 17.7 Å². The minimum atomic E-state index is -0.264. The molecule has 1 atom stereocenters. The summed E-state index contributed by atoms with van der Waals surface area (Å²) < 4.78 is 20.0. The Bertz CT molecular complexity index is 968. The normalized spacial score (nSPS) is 12.9. The molecular weight excluding hydrogens is 369 g/mol. The maximum absolute atomic E-state index is 14.7. The van der Waals surface area contributed by atoms with Gasteiger partial charge in [0.15, 0.2) is 5.96 Å². The fourth-order valence-corrected chi connectivity index (χ4v) is 2.91. The van der Waals surface area contributed by atoms with Gasteiger partial charge in [0.25, 0.3) is 0 Å². The molecule has 2 aromatic carbocycles. The molecular formula is C22H26FN5O. The molecule has 1 unspecified atom stereocenters. The Balaban J connectivity index is 1.70. The maximum atomic E-state index is 14.7. The number of aliphatic imine (C=N–C) groups is 1. The molecule has 29 heavy (non-hydrogen) atoms. The van der Waals surface area contributed by atoms with E-state index in [1.165, 1.54) is 0 Å². The van der Waals surface area contributed by atoms with Gasteiger partial charge in [0.2, 0.25) is 5.88 Å². The Kier molecular flexibility index (Phi) is 6.61. The summed E-state index contributed by atoms with van der Waals surface area (Å²) >= 11 is 0. The number of aromatic nitrogens is 1. The third-order valence-corrected chi connectivity index (χ3v) is 4.63. The van der Waals surface area contributed by atoms with E-state index in [2.05, 4.69) is 15.5 Å². The van der Waals surface area contributed by atoms with Gasteiger partial charge in [0, 0.05) is 24.1 Å². The fraction of sp³-hybridized carbons (Fsp3) is 0.273. The molecule has 0 aliphatic rings. The third kappa shape index (κ3) is 5.42. The van der Waals surface area contributed by atoms with Gasteiger partial charge in [0.1, 0.15) is 5.82 Å². The van der Waals surface area contributed by atoms with E-state index in [9.17, 15) is 4.39 Å². The van der Waals surface area contributed by atoms with E-state index in [0.29, 0.717) is 23.7 Å². The van der Waals surface area contributed by atoms with E-state index in [1.54, 1.807) is 18.2 Å². The number of rotatable bonds is 7. The topological polar surface area (TPSA) is 79.7 Å². The smallest absolute Gasteiger partial charge is 0.231 e. The van der Waals surface area contributed by atoms with Crippen LogP contribution in [0.4, 0.5) is 10.3 Å². The van der Waals surface area contributed by atoms with Crippen molar-refractivity contribution >= 4 is 11.8 Å². The molecule has 0 fully saturated rings. The van der Waals surface area contributed by atoms with Gasteiger partial charge >= 0.3 is 0 Å². The molecule has 0 aliphatic carbocycles. The van der Waals surface area contributed by atoms with Crippen LogP contribution in [0.1, 0.15) is 24.1 Å². The minimum absolute atomic E-state index is 0.138. The molecule has 3 aromatic rings. The first-order valence-corrected chi connectivity index (χ1v) is 9.47. The zero-order valence-corrected chi connectivity index (χ0v) is 16.9. The average Bonchev–Trinajstić information content (AvgIpc) is 3.16. The van der Waals surface area contributed by atoms with Crippen molar-refractivity contribution in [3.63, 3.8) is 0 Å². The highest BCUT2D eigenvalue weighted by Gasteiger charge is 2.16. The van der Waals surface area contributed by atoms with Crippen LogP contribution in [0.2, 0.25) is 0 Å². The predicted octanol–water partition coefficient (Wildman–Crippen LogP) is 3.92.